The number of carboxylic acids is 1. The SMILES string of the molecule is CC(C)(C)c1nc(-c2c(NC(=O)C3=C(C(=O)O)CCC3)sc3c2CCCC3)no1. The number of nitrogens with zero attached hydrogens (tertiary/aromatic N) is 2. The molecule has 0 saturated carbocycles. The van der Waals surface area contributed by atoms with Crippen LogP contribution in [0.15, 0.2) is 15.7 Å². The van der Waals surface area contributed by atoms with Gasteiger partial charge in [0.15, 0.2) is 0 Å². The Hall–Kier alpha value is -2.48. The predicted octanol–water partition coefficient (Wildman–Crippen LogP) is 4.48. The smallest absolute Gasteiger partial charge is 0.332 e. The first-order valence-corrected chi connectivity index (χ1v) is 10.8. The first-order valence-electron chi connectivity index (χ1n) is 10.0. The average Bonchev–Trinajstić information content (AvgIpc) is 3.38. The first-order chi connectivity index (χ1) is 13.8. The third-order valence-corrected chi connectivity index (χ3v) is 6.65. The number of hydrogen-bond donors (Lipinski definition) is 2. The number of aromatic nitrogens is 2. The predicted molar refractivity (Wildman–Crippen MR) is 110 cm³/mol. The maximum atomic E-state index is 12.9. The molecule has 2 aromatic heterocycles. The van der Waals surface area contributed by atoms with Gasteiger partial charge in [-0.1, -0.05) is 25.9 Å². The van der Waals surface area contributed by atoms with Gasteiger partial charge in [0.05, 0.1) is 5.56 Å². The van der Waals surface area contributed by atoms with Gasteiger partial charge >= 0.3 is 5.97 Å². The van der Waals surface area contributed by atoms with Crippen LogP contribution in [0, 0.1) is 0 Å². The molecule has 154 valence electrons. The van der Waals surface area contributed by atoms with Crippen LogP contribution in [0.4, 0.5) is 5.00 Å². The minimum absolute atomic E-state index is 0.222. The van der Waals surface area contributed by atoms with E-state index in [1.807, 2.05) is 20.8 Å². The van der Waals surface area contributed by atoms with Crippen LogP contribution < -0.4 is 5.32 Å². The fourth-order valence-electron chi connectivity index (χ4n) is 3.93. The van der Waals surface area contributed by atoms with E-state index < -0.39 is 5.97 Å². The second-order valence-electron chi connectivity index (χ2n) is 8.66. The highest BCUT2D eigenvalue weighted by Gasteiger charge is 2.30. The highest BCUT2D eigenvalue weighted by Crippen LogP contribution is 2.44. The van der Waals surface area contributed by atoms with Gasteiger partial charge in [-0.2, -0.15) is 4.98 Å². The molecular formula is C21H25N3O4S. The van der Waals surface area contributed by atoms with Crippen LogP contribution >= 0.6 is 11.3 Å². The number of rotatable bonds is 4. The molecule has 2 aliphatic rings. The Bertz CT molecular complexity index is 1010. The Labute approximate surface area is 173 Å². The molecule has 0 unspecified atom stereocenters. The van der Waals surface area contributed by atoms with Crippen LogP contribution in [0.25, 0.3) is 11.4 Å². The van der Waals surface area contributed by atoms with Crippen molar-refractivity contribution in [3.05, 3.63) is 27.5 Å². The van der Waals surface area contributed by atoms with E-state index in [0.29, 0.717) is 41.6 Å². The van der Waals surface area contributed by atoms with Crippen LogP contribution in [-0.2, 0) is 27.8 Å². The van der Waals surface area contributed by atoms with Gasteiger partial charge in [-0.25, -0.2) is 4.79 Å². The van der Waals surface area contributed by atoms with Gasteiger partial charge in [-0.3, -0.25) is 4.79 Å². The Morgan fingerprint density at radius 3 is 2.48 bits per heavy atom. The summed E-state index contributed by atoms with van der Waals surface area (Å²) >= 11 is 1.55. The summed E-state index contributed by atoms with van der Waals surface area (Å²) in [6.45, 7) is 6.03. The zero-order valence-corrected chi connectivity index (χ0v) is 17.7. The van der Waals surface area contributed by atoms with E-state index in [2.05, 4.69) is 15.5 Å². The van der Waals surface area contributed by atoms with Gasteiger partial charge in [0.1, 0.15) is 5.00 Å². The molecular weight excluding hydrogens is 390 g/mol. The van der Waals surface area contributed by atoms with E-state index in [-0.39, 0.29) is 16.9 Å². The van der Waals surface area contributed by atoms with E-state index in [1.54, 1.807) is 11.3 Å². The average molecular weight is 416 g/mol. The summed E-state index contributed by atoms with van der Waals surface area (Å²) in [4.78, 5) is 30.2. The van der Waals surface area contributed by atoms with Gasteiger partial charge in [-0.15, -0.1) is 11.3 Å². The lowest BCUT2D eigenvalue weighted by Gasteiger charge is -2.12. The van der Waals surface area contributed by atoms with Crippen molar-refractivity contribution in [3.8, 4) is 11.4 Å². The molecule has 0 radical (unpaired) electrons. The Morgan fingerprint density at radius 2 is 1.79 bits per heavy atom. The summed E-state index contributed by atoms with van der Waals surface area (Å²) in [5.74, 6) is -0.304. The van der Waals surface area contributed by atoms with Crippen LogP contribution in [0.5, 0.6) is 0 Å². The molecule has 7 nitrogen and oxygen atoms in total. The molecule has 2 N–H and O–H groups in total. The minimum Gasteiger partial charge on any atom is -0.478 e. The molecule has 2 aromatic rings. The highest BCUT2D eigenvalue weighted by molar-refractivity contribution is 7.17. The number of anilines is 1. The quantitative estimate of drug-likeness (QED) is 0.763. The first kappa shape index (κ1) is 19.8. The van der Waals surface area contributed by atoms with E-state index in [1.165, 1.54) is 10.4 Å². The standard InChI is InChI=1S/C21H25N3O4S/c1-21(2,3)20-22-16(24-28-20)15-13-7-4-5-10-14(13)29-18(15)23-17(25)11-8-6-9-12(11)19(26)27/h4-10H2,1-3H3,(H,23,25)(H,26,27). The number of nitrogens with one attached hydrogen (secondary N) is 1. The van der Waals surface area contributed by atoms with Crippen molar-refractivity contribution < 1.29 is 19.2 Å². The molecule has 0 atom stereocenters. The van der Waals surface area contributed by atoms with E-state index >= 15 is 0 Å². The maximum absolute atomic E-state index is 12.9. The number of carbonyl (C=O) groups excluding carboxylic acids is 1. The summed E-state index contributed by atoms with van der Waals surface area (Å²) in [5.41, 5.74) is 2.33. The number of carboxylic acid groups (broad SMARTS) is 1. The summed E-state index contributed by atoms with van der Waals surface area (Å²) in [6, 6.07) is 0. The fraction of sp³-hybridized carbons (Fsp3) is 0.524. The molecule has 29 heavy (non-hydrogen) atoms. The Morgan fingerprint density at radius 1 is 1.07 bits per heavy atom. The lowest BCUT2D eigenvalue weighted by Crippen LogP contribution is -2.16. The number of amides is 1. The molecule has 0 spiro atoms. The summed E-state index contributed by atoms with van der Waals surface area (Å²) < 4.78 is 5.50. The highest BCUT2D eigenvalue weighted by atomic mass is 32.1. The maximum Gasteiger partial charge on any atom is 0.332 e. The topological polar surface area (TPSA) is 105 Å². The molecule has 2 aliphatic carbocycles. The van der Waals surface area contributed by atoms with Crippen molar-refractivity contribution in [2.24, 2.45) is 0 Å². The van der Waals surface area contributed by atoms with Crippen molar-refractivity contribution >= 4 is 28.2 Å². The van der Waals surface area contributed by atoms with Gasteiger partial charge in [0, 0.05) is 21.4 Å². The molecule has 0 fully saturated rings. The van der Waals surface area contributed by atoms with E-state index in [4.69, 9.17) is 4.52 Å². The number of aryl methyl sites for hydroxylation is 1. The minimum atomic E-state index is -1.01. The van der Waals surface area contributed by atoms with Gasteiger partial charge in [0.2, 0.25) is 11.7 Å². The van der Waals surface area contributed by atoms with Crippen LogP contribution in [0.3, 0.4) is 0 Å². The van der Waals surface area contributed by atoms with Crippen molar-refractivity contribution in [1.29, 1.82) is 0 Å². The second-order valence-corrected chi connectivity index (χ2v) is 9.76. The van der Waals surface area contributed by atoms with Crippen LogP contribution in [-0.4, -0.2) is 27.1 Å². The lowest BCUT2D eigenvalue weighted by molar-refractivity contribution is -0.133. The number of aliphatic carboxylic acids is 1. The second kappa shape index (κ2) is 7.40. The molecule has 2 heterocycles. The monoisotopic (exact) mass is 415 g/mol. The van der Waals surface area contributed by atoms with Gasteiger partial charge < -0.3 is 14.9 Å². The fourth-order valence-corrected chi connectivity index (χ4v) is 5.21. The van der Waals surface area contributed by atoms with Gasteiger partial charge in [0.25, 0.3) is 5.91 Å². The van der Waals surface area contributed by atoms with Crippen LogP contribution in [0.1, 0.15) is 69.2 Å². The van der Waals surface area contributed by atoms with Crippen molar-refractivity contribution in [3.63, 3.8) is 0 Å². The van der Waals surface area contributed by atoms with E-state index in [9.17, 15) is 14.7 Å². The number of hydrogen-bond acceptors (Lipinski definition) is 6. The third kappa shape index (κ3) is 3.73. The zero-order valence-electron chi connectivity index (χ0n) is 16.9. The summed E-state index contributed by atoms with van der Waals surface area (Å²) in [5, 5.41) is 17.2. The third-order valence-electron chi connectivity index (χ3n) is 5.44. The van der Waals surface area contributed by atoms with Crippen molar-refractivity contribution in [1.82, 2.24) is 10.1 Å². The normalized spacial score (nSPS) is 16.8. The largest absolute Gasteiger partial charge is 0.478 e. The Kier molecular flexibility index (Phi) is 5.06. The molecule has 0 saturated heterocycles. The van der Waals surface area contributed by atoms with Gasteiger partial charge in [-0.05, 0) is 50.5 Å². The summed E-state index contributed by atoms with van der Waals surface area (Å²) in [7, 11) is 0. The van der Waals surface area contributed by atoms with Crippen LogP contribution in [0.2, 0.25) is 0 Å². The molecule has 0 bridgehead atoms. The molecule has 0 aromatic carbocycles. The molecule has 4 rings (SSSR count). The number of thiophene rings is 1. The number of fused-ring (bicyclic) bond motifs is 1. The molecule has 8 heteroatoms. The molecule has 1 amide bonds. The van der Waals surface area contributed by atoms with Crippen molar-refractivity contribution in [2.45, 2.75) is 71.1 Å². The van der Waals surface area contributed by atoms with E-state index in [0.717, 1.165) is 31.2 Å². The molecule has 0 aliphatic heterocycles. The summed E-state index contributed by atoms with van der Waals surface area (Å²) in [6.07, 6.45) is 5.71. The number of carbonyl (C=O) groups is 2. The Balaban J connectivity index is 1.73. The van der Waals surface area contributed by atoms with Crippen molar-refractivity contribution in [2.75, 3.05) is 5.32 Å². The zero-order chi connectivity index (χ0) is 20.8. The lowest BCUT2D eigenvalue weighted by atomic mass is 9.95.